The van der Waals surface area contributed by atoms with E-state index in [4.69, 9.17) is 9.47 Å². The molecule has 0 bridgehead atoms. The number of morpholine rings is 1. The second-order valence-corrected chi connectivity index (χ2v) is 6.84. The number of aliphatic hydroxyl groups excluding tert-OH is 1. The van der Waals surface area contributed by atoms with Crippen LogP contribution >= 0.6 is 0 Å². The zero-order chi connectivity index (χ0) is 15.7. The Morgan fingerprint density at radius 3 is 2.95 bits per heavy atom. The van der Waals surface area contributed by atoms with Gasteiger partial charge in [0.05, 0.1) is 12.7 Å². The molecule has 1 aliphatic carbocycles. The zero-order valence-electron chi connectivity index (χ0n) is 13.8. The molecule has 0 spiro atoms. The van der Waals surface area contributed by atoms with Crippen LogP contribution in [-0.4, -0.2) is 48.5 Å². The quantitative estimate of drug-likeness (QED) is 0.929. The largest absolute Gasteiger partial charge is 0.491 e. The molecular weight excluding hydrogens is 278 g/mol. The van der Waals surface area contributed by atoms with E-state index in [0.717, 1.165) is 37.4 Å². The van der Waals surface area contributed by atoms with Gasteiger partial charge in [0.25, 0.3) is 0 Å². The van der Waals surface area contributed by atoms with Gasteiger partial charge in [-0.05, 0) is 49.4 Å². The Bertz CT molecular complexity index is 517. The summed E-state index contributed by atoms with van der Waals surface area (Å²) in [6, 6.07) is 6.59. The van der Waals surface area contributed by atoms with Crippen molar-refractivity contribution in [2.75, 3.05) is 26.3 Å². The summed E-state index contributed by atoms with van der Waals surface area (Å²) in [6.07, 6.45) is 0.626. The van der Waals surface area contributed by atoms with Crippen LogP contribution in [0, 0.1) is 0 Å². The molecule has 0 radical (unpaired) electrons. The van der Waals surface area contributed by atoms with Crippen LogP contribution in [0.1, 0.15) is 50.3 Å². The molecule has 0 saturated carbocycles. The van der Waals surface area contributed by atoms with Crippen molar-refractivity contribution < 1.29 is 14.6 Å². The van der Waals surface area contributed by atoms with E-state index in [1.54, 1.807) is 0 Å². The molecule has 1 N–H and O–H groups in total. The lowest BCUT2D eigenvalue weighted by Crippen LogP contribution is -2.47. The van der Waals surface area contributed by atoms with Gasteiger partial charge in [0.2, 0.25) is 0 Å². The molecule has 4 heteroatoms. The van der Waals surface area contributed by atoms with Gasteiger partial charge in [0.1, 0.15) is 18.5 Å². The van der Waals surface area contributed by atoms with Crippen molar-refractivity contribution in [3.63, 3.8) is 0 Å². The average Bonchev–Trinajstić information content (AvgIpc) is 2.80. The molecule has 0 amide bonds. The first-order valence-electron chi connectivity index (χ1n) is 8.35. The molecule has 2 aliphatic rings. The fraction of sp³-hybridized carbons (Fsp3) is 0.667. The lowest BCUT2D eigenvalue weighted by atomic mass is 10.0. The summed E-state index contributed by atoms with van der Waals surface area (Å²) in [7, 11) is 0. The molecule has 22 heavy (non-hydrogen) atoms. The maximum atomic E-state index is 9.99. The first-order valence-corrected chi connectivity index (χ1v) is 8.35. The van der Waals surface area contributed by atoms with Crippen LogP contribution in [-0.2, 0) is 4.74 Å². The predicted octanol–water partition coefficient (Wildman–Crippen LogP) is 2.72. The second-order valence-electron chi connectivity index (χ2n) is 6.84. The molecule has 1 aliphatic heterocycles. The Morgan fingerprint density at radius 2 is 2.18 bits per heavy atom. The number of ether oxygens (including phenoxy) is 2. The third kappa shape index (κ3) is 3.29. The normalized spacial score (nSPS) is 28.9. The van der Waals surface area contributed by atoms with E-state index in [0.29, 0.717) is 18.6 Å². The van der Waals surface area contributed by atoms with Crippen LogP contribution in [0.2, 0.25) is 0 Å². The summed E-state index contributed by atoms with van der Waals surface area (Å²) in [4.78, 5) is 2.43. The van der Waals surface area contributed by atoms with Crippen molar-refractivity contribution >= 4 is 0 Å². The molecule has 1 aromatic rings. The van der Waals surface area contributed by atoms with Gasteiger partial charge in [0, 0.05) is 19.1 Å². The average molecular weight is 305 g/mol. The van der Waals surface area contributed by atoms with Crippen LogP contribution in [0.4, 0.5) is 0 Å². The maximum Gasteiger partial charge on any atom is 0.119 e. The highest BCUT2D eigenvalue weighted by Gasteiger charge is 2.27. The van der Waals surface area contributed by atoms with Crippen molar-refractivity contribution in [2.45, 2.75) is 51.4 Å². The van der Waals surface area contributed by atoms with Gasteiger partial charge in [-0.1, -0.05) is 13.0 Å². The van der Waals surface area contributed by atoms with Crippen molar-refractivity contribution in [1.29, 1.82) is 0 Å². The summed E-state index contributed by atoms with van der Waals surface area (Å²) in [5.74, 6) is 1.28. The molecule has 1 saturated heterocycles. The number of nitrogens with zero attached hydrogens (tertiary/aromatic N) is 1. The molecule has 1 fully saturated rings. The Kier molecular flexibility index (Phi) is 4.71. The van der Waals surface area contributed by atoms with Gasteiger partial charge in [0.15, 0.2) is 0 Å². The molecule has 0 aromatic heterocycles. The second kappa shape index (κ2) is 6.57. The van der Waals surface area contributed by atoms with Crippen molar-refractivity contribution in [2.24, 2.45) is 0 Å². The monoisotopic (exact) mass is 305 g/mol. The van der Waals surface area contributed by atoms with Crippen LogP contribution < -0.4 is 4.74 Å². The minimum absolute atomic E-state index is 0.132. The zero-order valence-corrected chi connectivity index (χ0v) is 13.8. The van der Waals surface area contributed by atoms with E-state index in [-0.39, 0.29) is 12.2 Å². The van der Waals surface area contributed by atoms with E-state index < -0.39 is 0 Å². The summed E-state index contributed by atoms with van der Waals surface area (Å²) in [6.45, 7) is 9.88. The first kappa shape index (κ1) is 15.8. The maximum absolute atomic E-state index is 9.99. The fourth-order valence-electron chi connectivity index (χ4n) is 3.46. The third-order valence-electron chi connectivity index (χ3n) is 4.86. The van der Waals surface area contributed by atoms with Gasteiger partial charge in [-0.3, -0.25) is 4.90 Å². The molecule has 1 aromatic carbocycles. The first-order chi connectivity index (χ1) is 10.5. The highest BCUT2D eigenvalue weighted by atomic mass is 16.5. The highest BCUT2D eigenvalue weighted by Crippen LogP contribution is 2.41. The van der Waals surface area contributed by atoms with Crippen LogP contribution in [0.5, 0.6) is 5.75 Å². The number of hydrogen-bond donors (Lipinski definition) is 1. The Labute approximate surface area is 133 Å². The Balaban J connectivity index is 1.59. The van der Waals surface area contributed by atoms with Crippen LogP contribution in [0.25, 0.3) is 0 Å². The third-order valence-corrected chi connectivity index (χ3v) is 4.86. The van der Waals surface area contributed by atoms with Gasteiger partial charge in [-0.15, -0.1) is 0 Å². The lowest BCUT2D eigenvalue weighted by molar-refractivity contribution is -0.0564. The van der Waals surface area contributed by atoms with Crippen LogP contribution in [0.15, 0.2) is 18.2 Å². The van der Waals surface area contributed by atoms with E-state index >= 15 is 0 Å². The molecule has 3 unspecified atom stereocenters. The molecule has 3 atom stereocenters. The van der Waals surface area contributed by atoms with Gasteiger partial charge in [-0.2, -0.15) is 0 Å². The van der Waals surface area contributed by atoms with Crippen LogP contribution in [0.3, 0.4) is 0 Å². The standard InChI is InChI=1S/C18H27NO3/c1-12(2)19-6-7-21-15(10-19)11-22-14-4-5-16-17(9-14)13(3)8-18(16)20/h4-5,9,12-13,15,18,20H,6-8,10-11H2,1-3H3. The molecule has 122 valence electrons. The van der Waals surface area contributed by atoms with E-state index in [1.165, 1.54) is 5.56 Å². The number of fused-ring (bicyclic) bond motifs is 1. The van der Waals surface area contributed by atoms with Gasteiger partial charge in [-0.25, -0.2) is 0 Å². The van der Waals surface area contributed by atoms with Crippen molar-refractivity contribution in [1.82, 2.24) is 4.90 Å². The number of hydrogen-bond acceptors (Lipinski definition) is 4. The summed E-state index contributed by atoms with van der Waals surface area (Å²) in [5, 5.41) is 9.99. The van der Waals surface area contributed by atoms with Gasteiger partial charge < -0.3 is 14.6 Å². The van der Waals surface area contributed by atoms with E-state index in [2.05, 4.69) is 31.7 Å². The van der Waals surface area contributed by atoms with Gasteiger partial charge >= 0.3 is 0 Å². The minimum Gasteiger partial charge on any atom is -0.491 e. The smallest absolute Gasteiger partial charge is 0.119 e. The molecule has 1 heterocycles. The summed E-state index contributed by atoms with van der Waals surface area (Å²) >= 11 is 0. The Hall–Kier alpha value is -1.10. The van der Waals surface area contributed by atoms with Crippen molar-refractivity contribution in [3.05, 3.63) is 29.3 Å². The SMILES string of the molecule is CC1CC(O)c2ccc(OCC3CN(C(C)C)CCO3)cc21. The predicted molar refractivity (Wildman–Crippen MR) is 86.4 cm³/mol. The molecule has 3 rings (SSSR count). The minimum atomic E-state index is -0.319. The summed E-state index contributed by atoms with van der Waals surface area (Å²) in [5.41, 5.74) is 2.28. The lowest BCUT2D eigenvalue weighted by Gasteiger charge is -2.35. The fourth-order valence-corrected chi connectivity index (χ4v) is 3.46. The van der Waals surface area contributed by atoms with E-state index in [9.17, 15) is 5.11 Å². The Morgan fingerprint density at radius 1 is 1.36 bits per heavy atom. The van der Waals surface area contributed by atoms with E-state index in [1.807, 2.05) is 12.1 Å². The number of benzene rings is 1. The van der Waals surface area contributed by atoms with Crippen molar-refractivity contribution in [3.8, 4) is 5.75 Å². The molecule has 4 nitrogen and oxygen atoms in total. The molecular formula is C18H27NO3. The highest BCUT2D eigenvalue weighted by molar-refractivity contribution is 5.42. The number of rotatable bonds is 4. The topological polar surface area (TPSA) is 41.9 Å². The summed E-state index contributed by atoms with van der Waals surface area (Å²) < 4.78 is 11.8. The number of aliphatic hydroxyl groups is 1.